The van der Waals surface area contributed by atoms with Gasteiger partial charge in [-0.1, -0.05) is 0 Å². The van der Waals surface area contributed by atoms with Gasteiger partial charge in [0.1, 0.15) is 5.60 Å². The van der Waals surface area contributed by atoms with Crippen molar-refractivity contribution in [2.75, 3.05) is 133 Å². The van der Waals surface area contributed by atoms with E-state index in [1.54, 1.807) is 14.2 Å². The van der Waals surface area contributed by atoms with Crippen LogP contribution in [0.1, 0.15) is 20.8 Å². The van der Waals surface area contributed by atoms with Gasteiger partial charge in [0.15, 0.2) is 0 Å². The van der Waals surface area contributed by atoms with E-state index in [9.17, 15) is 4.79 Å². The first-order valence-electron chi connectivity index (χ1n) is 12.9. The number of carbonyl (C=O) groups is 1. The molecule has 12 nitrogen and oxygen atoms in total. The highest BCUT2D eigenvalue weighted by molar-refractivity contribution is 5.67. The third-order valence-electron chi connectivity index (χ3n) is 4.31. The molecule has 0 saturated carbocycles. The monoisotopic (exact) mass is 541 g/mol. The Bertz CT molecular complexity index is 492. The maximum absolute atomic E-state index is 11.8. The van der Waals surface area contributed by atoms with Gasteiger partial charge in [-0.15, -0.1) is 0 Å². The van der Waals surface area contributed by atoms with Crippen molar-refractivity contribution in [1.29, 1.82) is 0 Å². The van der Waals surface area contributed by atoms with Crippen molar-refractivity contribution in [3.05, 3.63) is 0 Å². The Morgan fingerprint density at radius 3 is 1.05 bits per heavy atom. The molecule has 12 heteroatoms. The van der Waals surface area contributed by atoms with Gasteiger partial charge in [-0.25, -0.2) is 4.79 Å². The number of methoxy groups -OCH3 is 1. The molecule has 0 saturated heterocycles. The van der Waals surface area contributed by atoms with Crippen LogP contribution in [0.15, 0.2) is 0 Å². The van der Waals surface area contributed by atoms with Gasteiger partial charge >= 0.3 is 6.09 Å². The van der Waals surface area contributed by atoms with Crippen LogP contribution in [-0.2, 0) is 47.4 Å². The van der Waals surface area contributed by atoms with Crippen molar-refractivity contribution in [3.63, 3.8) is 0 Å². The lowest BCUT2D eigenvalue weighted by Crippen LogP contribution is -2.36. The van der Waals surface area contributed by atoms with E-state index in [1.165, 1.54) is 4.90 Å². The Morgan fingerprint density at radius 2 is 0.784 bits per heavy atom. The summed E-state index contributed by atoms with van der Waals surface area (Å²) >= 11 is 0. The van der Waals surface area contributed by atoms with Crippen LogP contribution < -0.4 is 0 Å². The average Bonchev–Trinajstić information content (AvgIpc) is 2.85. The van der Waals surface area contributed by atoms with Gasteiger partial charge in [0.05, 0.1) is 112 Å². The van der Waals surface area contributed by atoms with E-state index in [0.717, 1.165) is 0 Å². The molecule has 37 heavy (non-hydrogen) atoms. The van der Waals surface area contributed by atoms with E-state index in [0.29, 0.717) is 119 Å². The number of nitrogens with zero attached hydrogens (tertiary/aromatic N) is 1. The number of hydrogen-bond donors (Lipinski definition) is 0. The predicted octanol–water partition coefficient (Wildman–Crippen LogP) is 1.63. The van der Waals surface area contributed by atoms with Crippen LogP contribution in [0.4, 0.5) is 4.79 Å². The van der Waals surface area contributed by atoms with Crippen molar-refractivity contribution >= 4 is 6.09 Å². The summed E-state index contributed by atoms with van der Waals surface area (Å²) in [6.45, 7) is 14.7. The first-order valence-corrected chi connectivity index (χ1v) is 12.9. The molecular formula is C25H51NO11. The Morgan fingerprint density at radius 1 is 0.514 bits per heavy atom. The highest BCUT2D eigenvalue weighted by Crippen LogP contribution is 2.08. The van der Waals surface area contributed by atoms with Crippen molar-refractivity contribution < 1.29 is 52.2 Å². The van der Waals surface area contributed by atoms with Crippen molar-refractivity contribution in [1.82, 2.24) is 4.90 Å². The minimum atomic E-state index is -0.504. The van der Waals surface area contributed by atoms with Crippen LogP contribution >= 0.6 is 0 Å². The molecule has 222 valence electrons. The molecule has 0 spiro atoms. The van der Waals surface area contributed by atoms with E-state index >= 15 is 0 Å². The van der Waals surface area contributed by atoms with E-state index in [1.807, 2.05) is 20.8 Å². The van der Waals surface area contributed by atoms with Gasteiger partial charge in [-0.05, 0) is 20.8 Å². The highest BCUT2D eigenvalue weighted by Gasteiger charge is 2.19. The summed E-state index contributed by atoms with van der Waals surface area (Å²) in [5.74, 6) is 0. The summed E-state index contributed by atoms with van der Waals surface area (Å²) in [7, 11) is 3.32. The Hall–Kier alpha value is -1.09. The number of amides is 1. The average molecular weight is 542 g/mol. The van der Waals surface area contributed by atoms with Crippen LogP contribution in [0.5, 0.6) is 0 Å². The summed E-state index contributed by atoms with van der Waals surface area (Å²) in [5.41, 5.74) is -0.504. The van der Waals surface area contributed by atoms with Crippen molar-refractivity contribution in [2.45, 2.75) is 26.4 Å². The topological polar surface area (TPSA) is 113 Å². The Labute approximate surface area is 223 Å². The van der Waals surface area contributed by atoms with Crippen molar-refractivity contribution in [3.8, 4) is 0 Å². The fourth-order valence-electron chi connectivity index (χ4n) is 2.42. The second-order valence-corrected chi connectivity index (χ2v) is 8.79. The minimum Gasteiger partial charge on any atom is -0.444 e. The first-order chi connectivity index (χ1) is 17.9. The molecule has 0 aliphatic rings. The molecule has 0 fully saturated rings. The molecule has 0 aliphatic heterocycles. The summed E-state index contributed by atoms with van der Waals surface area (Å²) in [6, 6.07) is 0. The maximum atomic E-state index is 11.8. The van der Waals surface area contributed by atoms with Crippen LogP contribution in [-0.4, -0.2) is 150 Å². The molecule has 0 bridgehead atoms. The molecular weight excluding hydrogens is 490 g/mol. The van der Waals surface area contributed by atoms with Crippen LogP contribution in [0.2, 0.25) is 0 Å². The van der Waals surface area contributed by atoms with Gasteiger partial charge in [0.25, 0.3) is 0 Å². The molecule has 0 heterocycles. The Balaban J connectivity index is 3.17. The molecule has 1 amide bonds. The normalized spacial score (nSPS) is 11.7. The summed E-state index contributed by atoms with van der Waals surface area (Å²) in [5, 5.41) is 0. The summed E-state index contributed by atoms with van der Waals surface area (Å²) in [4.78, 5) is 13.3. The first kappa shape index (κ1) is 35.9. The molecule has 0 radical (unpaired) electrons. The zero-order valence-electron chi connectivity index (χ0n) is 23.7. The Kier molecular flexibility index (Phi) is 25.7. The molecule has 0 unspecified atom stereocenters. The second-order valence-electron chi connectivity index (χ2n) is 8.79. The fraction of sp³-hybridized carbons (Fsp3) is 0.960. The largest absolute Gasteiger partial charge is 0.444 e. The van der Waals surface area contributed by atoms with E-state index < -0.39 is 5.60 Å². The second kappa shape index (κ2) is 26.5. The molecule has 0 rings (SSSR count). The van der Waals surface area contributed by atoms with Crippen LogP contribution in [0.25, 0.3) is 0 Å². The zero-order valence-corrected chi connectivity index (χ0v) is 23.7. The summed E-state index contributed by atoms with van der Waals surface area (Å²) in [6.07, 6.45) is -0.361. The predicted molar refractivity (Wildman–Crippen MR) is 137 cm³/mol. The molecule has 0 atom stereocenters. The van der Waals surface area contributed by atoms with Crippen LogP contribution in [0.3, 0.4) is 0 Å². The van der Waals surface area contributed by atoms with Gasteiger partial charge < -0.3 is 52.3 Å². The number of hydrogen-bond acceptors (Lipinski definition) is 11. The lowest BCUT2D eigenvalue weighted by molar-refractivity contribution is -0.0247. The van der Waals surface area contributed by atoms with Crippen molar-refractivity contribution in [2.24, 2.45) is 0 Å². The quantitative estimate of drug-likeness (QED) is 0.141. The maximum Gasteiger partial charge on any atom is 0.410 e. The van der Waals surface area contributed by atoms with Gasteiger partial charge in [0.2, 0.25) is 0 Å². The van der Waals surface area contributed by atoms with E-state index in [4.69, 9.17) is 47.4 Å². The number of likely N-dealkylation sites (N-methyl/N-ethyl adjacent to an activating group) is 1. The highest BCUT2D eigenvalue weighted by atomic mass is 16.6. The molecule has 0 N–H and O–H groups in total. The van der Waals surface area contributed by atoms with E-state index in [2.05, 4.69) is 0 Å². The van der Waals surface area contributed by atoms with E-state index in [-0.39, 0.29) is 6.09 Å². The molecule has 0 aromatic carbocycles. The molecule has 0 aliphatic carbocycles. The summed E-state index contributed by atoms with van der Waals surface area (Å²) < 4.78 is 53.5. The van der Waals surface area contributed by atoms with Gasteiger partial charge in [-0.2, -0.15) is 0 Å². The van der Waals surface area contributed by atoms with Gasteiger partial charge in [-0.3, -0.25) is 0 Å². The smallest absolute Gasteiger partial charge is 0.410 e. The third kappa shape index (κ3) is 29.3. The van der Waals surface area contributed by atoms with Gasteiger partial charge in [0, 0.05) is 20.7 Å². The molecule has 0 aromatic heterocycles. The SMILES string of the molecule is COCCOCCOCCOCCOCCOCCOCCOCCOCCN(C)C(=O)OC(C)(C)C. The number of carbonyl (C=O) groups excluding carboxylic acids is 1. The zero-order chi connectivity index (χ0) is 27.5. The minimum absolute atomic E-state index is 0.361. The molecule has 0 aromatic rings. The number of ether oxygens (including phenoxy) is 10. The van der Waals surface area contributed by atoms with Crippen LogP contribution in [0, 0.1) is 0 Å². The lowest BCUT2D eigenvalue weighted by atomic mass is 10.2. The third-order valence-corrected chi connectivity index (χ3v) is 4.31. The fourth-order valence-corrected chi connectivity index (χ4v) is 2.42. The standard InChI is InChI=1S/C25H51NO11/c1-25(2,3)37-24(27)26(4)6-7-29-10-11-31-14-15-33-18-19-35-22-23-36-21-20-34-17-16-32-13-12-30-9-8-28-5/h6-23H2,1-5H3. The number of rotatable bonds is 27. The lowest BCUT2D eigenvalue weighted by Gasteiger charge is -2.24.